The molecule has 0 fully saturated rings. The summed E-state index contributed by atoms with van der Waals surface area (Å²) >= 11 is 12.3. The van der Waals surface area contributed by atoms with Crippen LogP contribution in [0.2, 0.25) is 10.0 Å². The van der Waals surface area contributed by atoms with Crippen LogP contribution < -0.4 is 4.74 Å². The monoisotopic (exact) mass is 347 g/mol. The molecule has 4 nitrogen and oxygen atoms in total. The minimum absolute atomic E-state index is 0.0687. The van der Waals surface area contributed by atoms with Gasteiger partial charge in [-0.2, -0.15) is 0 Å². The molecule has 0 aliphatic carbocycles. The molecule has 0 aliphatic rings. The minimum Gasteiger partial charge on any atom is -0.455 e. The lowest BCUT2D eigenvalue weighted by molar-refractivity contribution is -0.384. The summed E-state index contributed by atoms with van der Waals surface area (Å²) in [4.78, 5) is 10.4. The number of nitro benzene ring substituents is 1. The van der Waals surface area contributed by atoms with E-state index in [1.807, 2.05) is 24.3 Å². The van der Waals surface area contributed by atoms with Gasteiger partial charge in [0.2, 0.25) is 0 Å². The second kappa shape index (κ2) is 6.07. The lowest BCUT2D eigenvalue weighted by Crippen LogP contribution is -1.94. The molecule has 3 aromatic carbocycles. The molecule has 0 spiro atoms. The average molecular weight is 348 g/mol. The standard InChI is InChI=1S/C17H11Cl2NO3/c1-10-8-11(20(21)22)9-15(19)17(10)23-16-7-6-14(18)12-4-2-3-5-13(12)16/h2-9H,1H3. The van der Waals surface area contributed by atoms with Crippen molar-refractivity contribution in [2.75, 3.05) is 0 Å². The molecular weight excluding hydrogens is 337 g/mol. The summed E-state index contributed by atoms with van der Waals surface area (Å²) in [5.74, 6) is 0.980. The molecule has 0 saturated heterocycles. The smallest absolute Gasteiger partial charge is 0.271 e. The van der Waals surface area contributed by atoms with Crippen molar-refractivity contribution in [2.45, 2.75) is 6.92 Å². The average Bonchev–Trinajstić information content (AvgIpc) is 2.53. The van der Waals surface area contributed by atoms with E-state index in [-0.39, 0.29) is 10.7 Å². The molecule has 116 valence electrons. The maximum absolute atomic E-state index is 10.9. The molecule has 0 saturated carbocycles. The van der Waals surface area contributed by atoms with Gasteiger partial charge in [-0.15, -0.1) is 0 Å². The van der Waals surface area contributed by atoms with Crippen LogP contribution in [0.3, 0.4) is 0 Å². The Morgan fingerprint density at radius 2 is 1.70 bits per heavy atom. The molecule has 0 atom stereocenters. The zero-order valence-corrected chi connectivity index (χ0v) is 13.6. The van der Waals surface area contributed by atoms with E-state index in [0.717, 1.165) is 10.8 Å². The molecule has 0 amide bonds. The van der Waals surface area contributed by atoms with Crippen LogP contribution in [-0.4, -0.2) is 4.92 Å². The van der Waals surface area contributed by atoms with Crippen molar-refractivity contribution < 1.29 is 9.66 Å². The largest absolute Gasteiger partial charge is 0.455 e. The second-order valence-corrected chi connectivity index (χ2v) is 5.84. The maximum atomic E-state index is 10.9. The van der Waals surface area contributed by atoms with E-state index in [9.17, 15) is 10.1 Å². The summed E-state index contributed by atoms with van der Waals surface area (Å²) in [6.45, 7) is 1.71. The highest BCUT2D eigenvalue weighted by atomic mass is 35.5. The van der Waals surface area contributed by atoms with Crippen molar-refractivity contribution in [2.24, 2.45) is 0 Å². The molecule has 0 N–H and O–H groups in total. The van der Waals surface area contributed by atoms with Gasteiger partial charge in [-0.1, -0.05) is 47.5 Å². The molecule has 6 heteroatoms. The van der Waals surface area contributed by atoms with Crippen LogP contribution in [0, 0.1) is 17.0 Å². The normalized spacial score (nSPS) is 10.7. The number of halogens is 2. The Morgan fingerprint density at radius 3 is 2.35 bits per heavy atom. The van der Waals surface area contributed by atoms with Gasteiger partial charge in [-0.05, 0) is 19.1 Å². The number of benzene rings is 3. The lowest BCUT2D eigenvalue weighted by Gasteiger charge is -2.13. The maximum Gasteiger partial charge on any atom is 0.271 e. The number of rotatable bonds is 3. The minimum atomic E-state index is -0.486. The first-order valence-corrected chi connectivity index (χ1v) is 7.52. The quantitative estimate of drug-likeness (QED) is 0.421. The second-order valence-electron chi connectivity index (χ2n) is 5.02. The highest BCUT2D eigenvalue weighted by Crippen LogP contribution is 2.39. The third kappa shape index (κ3) is 2.96. The summed E-state index contributed by atoms with van der Waals surface area (Å²) in [7, 11) is 0. The number of fused-ring (bicyclic) bond motifs is 1. The molecule has 0 bridgehead atoms. The van der Waals surface area contributed by atoms with Crippen LogP contribution in [0.5, 0.6) is 11.5 Å². The first-order valence-electron chi connectivity index (χ1n) is 6.77. The molecule has 3 aromatic rings. The van der Waals surface area contributed by atoms with Crippen molar-refractivity contribution in [1.29, 1.82) is 0 Å². The van der Waals surface area contributed by atoms with Gasteiger partial charge in [0.05, 0.1) is 9.95 Å². The lowest BCUT2D eigenvalue weighted by atomic mass is 10.1. The number of non-ortho nitro benzene ring substituents is 1. The van der Waals surface area contributed by atoms with Gasteiger partial charge in [0.25, 0.3) is 5.69 Å². The highest BCUT2D eigenvalue weighted by molar-refractivity contribution is 6.35. The van der Waals surface area contributed by atoms with E-state index in [4.69, 9.17) is 27.9 Å². The van der Waals surface area contributed by atoms with Crippen LogP contribution >= 0.6 is 23.2 Å². The summed E-state index contributed by atoms with van der Waals surface area (Å²) in [6.07, 6.45) is 0. The van der Waals surface area contributed by atoms with Gasteiger partial charge in [0, 0.05) is 33.5 Å². The number of nitrogens with zero attached hydrogens (tertiary/aromatic N) is 1. The number of hydrogen-bond acceptors (Lipinski definition) is 3. The molecular formula is C17H11Cl2NO3. The van der Waals surface area contributed by atoms with Crippen molar-refractivity contribution >= 4 is 39.7 Å². The molecule has 0 unspecified atom stereocenters. The summed E-state index contributed by atoms with van der Waals surface area (Å²) < 4.78 is 5.93. The Balaban J connectivity index is 2.10. The van der Waals surface area contributed by atoms with E-state index in [2.05, 4.69) is 0 Å². The Labute approximate surface area is 142 Å². The van der Waals surface area contributed by atoms with E-state index in [1.165, 1.54) is 12.1 Å². The SMILES string of the molecule is Cc1cc([N+](=O)[O-])cc(Cl)c1Oc1ccc(Cl)c2ccccc12. The van der Waals surface area contributed by atoms with E-state index >= 15 is 0 Å². The van der Waals surface area contributed by atoms with E-state index < -0.39 is 4.92 Å². The fourth-order valence-corrected chi connectivity index (χ4v) is 2.91. The first kappa shape index (κ1) is 15.6. The van der Waals surface area contributed by atoms with Crippen molar-refractivity contribution in [1.82, 2.24) is 0 Å². The predicted molar refractivity (Wildman–Crippen MR) is 91.9 cm³/mol. The van der Waals surface area contributed by atoms with Crippen LogP contribution in [0.4, 0.5) is 5.69 Å². The fraction of sp³-hybridized carbons (Fsp3) is 0.0588. The topological polar surface area (TPSA) is 52.4 Å². The van der Waals surface area contributed by atoms with Gasteiger partial charge in [-0.3, -0.25) is 10.1 Å². The third-order valence-electron chi connectivity index (χ3n) is 3.47. The van der Waals surface area contributed by atoms with E-state index in [1.54, 1.807) is 19.1 Å². The molecule has 0 aliphatic heterocycles. The first-order chi connectivity index (χ1) is 11.0. The van der Waals surface area contributed by atoms with Crippen LogP contribution in [-0.2, 0) is 0 Å². The fourth-order valence-electron chi connectivity index (χ4n) is 2.38. The highest BCUT2D eigenvalue weighted by Gasteiger charge is 2.16. The summed E-state index contributed by atoms with van der Waals surface area (Å²) in [6, 6.07) is 13.8. The summed E-state index contributed by atoms with van der Waals surface area (Å²) in [5.41, 5.74) is 0.518. The Bertz CT molecular complexity index is 902. The Morgan fingerprint density at radius 1 is 1.00 bits per heavy atom. The van der Waals surface area contributed by atoms with Crippen molar-refractivity contribution in [3.63, 3.8) is 0 Å². The van der Waals surface area contributed by atoms with Gasteiger partial charge in [0.15, 0.2) is 0 Å². The Hall–Kier alpha value is -2.30. The zero-order chi connectivity index (χ0) is 16.6. The predicted octanol–water partition coefficient (Wildman–Crippen LogP) is 6.16. The number of aryl methyl sites for hydroxylation is 1. The molecule has 0 radical (unpaired) electrons. The number of ether oxygens (including phenoxy) is 1. The van der Waals surface area contributed by atoms with Gasteiger partial charge in [0.1, 0.15) is 11.5 Å². The molecule has 3 rings (SSSR count). The van der Waals surface area contributed by atoms with Gasteiger partial charge < -0.3 is 4.74 Å². The zero-order valence-electron chi connectivity index (χ0n) is 12.0. The molecule has 0 aromatic heterocycles. The van der Waals surface area contributed by atoms with Crippen LogP contribution in [0.1, 0.15) is 5.56 Å². The van der Waals surface area contributed by atoms with Crippen LogP contribution in [0.25, 0.3) is 10.8 Å². The van der Waals surface area contributed by atoms with Crippen molar-refractivity contribution in [3.05, 3.63) is 74.3 Å². The molecule has 0 heterocycles. The number of hydrogen-bond donors (Lipinski definition) is 0. The van der Waals surface area contributed by atoms with E-state index in [0.29, 0.717) is 22.1 Å². The Kier molecular flexibility index (Phi) is 4.11. The molecule has 23 heavy (non-hydrogen) atoms. The summed E-state index contributed by atoms with van der Waals surface area (Å²) in [5, 5.41) is 13.4. The van der Waals surface area contributed by atoms with Gasteiger partial charge >= 0.3 is 0 Å². The van der Waals surface area contributed by atoms with Crippen LogP contribution in [0.15, 0.2) is 48.5 Å². The third-order valence-corrected chi connectivity index (χ3v) is 4.08. The van der Waals surface area contributed by atoms with Gasteiger partial charge in [-0.25, -0.2) is 0 Å². The van der Waals surface area contributed by atoms with Crippen molar-refractivity contribution in [3.8, 4) is 11.5 Å². The number of nitro groups is 1.